The predicted octanol–water partition coefficient (Wildman–Crippen LogP) is 3.48. The molecule has 2 aromatic carbocycles. The Hall–Kier alpha value is -2.54. The van der Waals surface area contributed by atoms with Crippen LogP contribution in [-0.4, -0.2) is 44.5 Å². The Morgan fingerprint density at radius 3 is 2.54 bits per heavy atom. The molecule has 1 aliphatic rings. The van der Waals surface area contributed by atoms with E-state index in [2.05, 4.69) is 15.9 Å². The van der Waals surface area contributed by atoms with E-state index in [0.717, 1.165) is 15.7 Å². The second kappa shape index (κ2) is 8.65. The van der Waals surface area contributed by atoms with Crippen molar-refractivity contribution in [3.63, 3.8) is 0 Å². The van der Waals surface area contributed by atoms with E-state index in [1.807, 2.05) is 42.5 Å². The molecule has 2 amide bonds. The molecule has 0 bridgehead atoms. The number of amides is 2. The van der Waals surface area contributed by atoms with E-state index in [4.69, 9.17) is 9.47 Å². The van der Waals surface area contributed by atoms with E-state index in [1.165, 1.54) is 0 Å². The minimum Gasteiger partial charge on any atom is -0.493 e. The van der Waals surface area contributed by atoms with Crippen molar-refractivity contribution in [2.45, 2.75) is 13.0 Å². The van der Waals surface area contributed by atoms with Crippen molar-refractivity contribution in [3.05, 3.63) is 52.5 Å². The molecule has 28 heavy (non-hydrogen) atoms. The average Bonchev–Trinajstić information content (AvgIpc) is 3.09. The van der Waals surface area contributed by atoms with Gasteiger partial charge in [0.25, 0.3) is 0 Å². The first-order valence-electron chi connectivity index (χ1n) is 8.95. The Morgan fingerprint density at radius 2 is 1.89 bits per heavy atom. The van der Waals surface area contributed by atoms with Crippen LogP contribution in [0.4, 0.5) is 5.69 Å². The van der Waals surface area contributed by atoms with Crippen molar-refractivity contribution >= 4 is 33.4 Å². The van der Waals surface area contributed by atoms with Gasteiger partial charge in [0.15, 0.2) is 11.5 Å². The van der Waals surface area contributed by atoms with E-state index < -0.39 is 0 Å². The normalized spacial score (nSPS) is 16.2. The molecule has 0 N–H and O–H groups in total. The maximum Gasteiger partial charge on any atom is 0.228 e. The number of methoxy groups -OCH3 is 2. The van der Waals surface area contributed by atoms with E-state index >= 15 is 0 Å². The molecule has 2 aromatic rings. The van der Waals surface area contributed by atoms with Crippen LogP contribution < -0.4 is 14.4 Å². The summed E-state index contributed by atoms with van der Waals surface area (Å²) < 4.78 is 11.7. The number of ether oxygens (including phenoxy) is 2. The first-order chi connectivity index (χ1) is 13.4. The minimum absolute atomic E-state index is 0.0342. The van der Waals surface area contributed by atoms with Gasteiger partial charge in [0.05, 0.1) is 20.1 Å². The summed E-state index contributed by atoms with van der Waals surface area (Å²) >= 11 is 3.39. The van der Waals surface area contributed by atoms with Gasteiger partial charge in [0.2, 0.25) is 11.8 Å². The molecule has 0 aliphatic carbocycles. The quantitative estimate of drug-likeness (QED) is 0.681. The molecule has 7 heteroatoms. The van der Waals surface area contributed by atoms with Crippen LogP contribution in [0.5, 0.6) is 11.5 Å². The van der Waals surface area contributed by atoms with Crippen LogP contribution in [0.1, 0.15) is 12.0 Å². The zero-order valence-corrected chi connectivity index (χ0v) is 17.7. The van der Waals surface area contributed by atoms with Crippen LogP contribution in [0.3, 0.4) is 0 Å². The molecular formula is C21H23BrN2O4. The molecular weight excluding hydrogens is 424 g/mol. The fraction of sp³-hybridized carbons (Fsp3) is 0.333. The van der Waals surface area contributed by atoms with Crippen molar-refractivity contribution in [3.8, 4) is 11.5 Å². The van der Waals surface area contributed by atoms with Crippen molar-refractivity contribution in [1.29, 1.82) is 0 Å². The third-order valence-corrected chi connectivity index (χ3v) is 5.41. The fourth-order valence-electron chi connectivity index (χ4n) is 3.47. The lowest BCUT2D eigenvalue weighted by Gasteiger charge is -2.23. The second-order valence-corrected chi connectivity index (χ2v) is 7.64. The zero-order valence-electron chi connectivity index (χ0n) is 16.1. The van der Waals surface area contributed by atoms with Gasteiger partial charge in [0, 0.05) is 42.3 Å². The van der Waals surface area contributed by atoms with Gasteiger partial charge in [-0.3, -0.25) is 9.59 Å². The number of anilines is 1. The highest BCUT2D eigenvalue weighted by Crippen LogP contribution is 2.32. The average molecular weight is 447 g/mol. The number of hydrogen-bond acceptors (Lipinski definition) is 4. The molecule has 0 radical (unpaired) electrons. The van der Waals surface area contributed by atoms with E-state index in [-0.39, 0.29) is 24.2 Å². The molecule has 1 atom stereocenters. The third-order valence-electron chi connectivity index (χ3n) is 4.88. The zero-order chi connectivity index (χ0) is 20.3. The summed E-state index contributed by atoms with van der Waals surface area (Å²) in [5.41, 5.74) is 1.66. The lowest BCUT2D eigenvalue weighted by atomic mass is 10.1. The molecule has 3 rings (SSSR count). The molecule has 1 saturated heterocycles. The number of nitrogens with zero attached hydrogens (tertiary/aromatic N) is 2. The number of halogens is 1. The lowest BCUT2D eigenvalue weighted by molar-refractivity contribution is -0.135. The smallest absolute Gasteiger partial charge is 0.228 e. The van der Waals surface area contributed by atoms with Gasteiger partial charge in [-0.05, 0) is 30.3 Å². The Kier molecular flexibility index (Phi) is 6.24. The number of benzene rings is 2. The second-order valence-electron chi connectivity index (χ2n) is 6.73. The fourth-order valence-corrected chi connectivity index (χ4v) is 3.73. The number of hydrogen-bond donors (Lipinski definition) is 0. The highest BCUT2D eigenvalue weighted by Gasteiger charge is 2.36. The number of carbonyl (C=O) groups is 2. The Bertz CT molecular complexity index is 869. The largest absolute Gasteiger partial charge is 0.493 e. The summed E-state index contributed by atoms with van der Waals surface area (Å²) in [7, 11) is 4.90. The van der Waals surface area contributed by atoms with Crippen molar-refractivity contribution in [1.82, 2.24) is 4.90 Å². The molecule has 0 unspecified atom stereocenters. The standard InChI is InChI=1S/C21H23BrN2O4/c1-23(12-14-5-4-6-18(27-2)20(14)28-3)21(26)15-11-19(25)24(13-15)17-9-7-16(22)8-10-17/h4-10,15H,11-13H2,1-3H3/t15-/m0/s1. The molecule has 0 spiro atoms. The molecule has 6 nitrogen and oxygen atoms in total. The van der Waals surface area contributed by atoms with Crippen molar-refractivity contribution in [2.75, 3.05) is 32.7 Å². The van der Waals surface area contributed by atoms with Gasteiger partial charge < -0.3 is 19.3 Å². The number of carbonyl (C=O) groups excluding carboxylic acids is 2. The van der Waals surface area contributed by atoms with Crippen LogP contribution in [0.15, 0.2) is 46.9 Å². The van der Waals surface area contributed by atoms with Crippen molar-refractivity contribution in [2.24, 2.45) is 5.92 Å². The Balaban J connectivity index is 1.71. The molecule has 1 fully saturated rings. The SMILES string of the molecule is COc1cccc(CN(C)C(=O)[C@H]2CC(=O)N(c3ccc(Br)cc3)C2)c1OC. The van der Waals surface area contributed by atoms with Crippen LogP contribution >= 0.6 is 15.9 Å². The van der Waals surface area contributed by atoms with E-state index in [1.54, 1.807) is 31.1 Å². The predicted molar refractivity (Wildman–Crippen MR) is 111 cm³/mol. The first-order valence-corrected chi connectivity index (χ1v) is 9.74. The number of rotatable bonds is 6. The van der Waals surface area contributed by atoms with Gasteiger partial charge in [-0.15, -0.1) is 0 Å². The van der Waals surface area contributed by atoms with Crippen LogP contribution in [-0.2, 0) is 16.1 Å². The summed E-state index contributed by atoms with van der Waals surface area (Å²) in [5, 5.41) is 0. The molecule has 148 valence electrons. The Morgan fingerprint density at radius 1 is 1.18 bits per heavy atom. The number of para-hydroxylation sites is 1. The molecule has 0 saturated carbocycles. The first kappa shape index (κ1) is 20.2. The minimum atomic E-state index is -0.363. The molecule has 0 aromatic heterocycles. The van der Waals surface area contributed by atoms with Crippen molar-refractivity contribution < 1.29 is 19.1 Å². The van der Waals surface area contributed by atoms with Crippen LogP contribution in [0.25, 0.3) is 0 Å². The summed E-state index contributed by atoms with van der Waals surface area (Å²) in [4.78, 5) is 28.7. The van der Waals surface area contributed by atoms with Gasteiger partial charge in [0.1, 0.15) is 0 Å². The van der Waals surface area contributed by atoms with E-state index in [0.29, 0.717) is 24.6 Å². The summed E-state index contributed by atoms with van der Waals surface area (Å²) in [5.74, 6) is 0.783. The lowest BCUT2D eigenvalue weighted by Crippen LogP contribution is -2.34. The third kappa shape index (κ3) is 4.14. The van der Waals surface area contributed by atoms with Gasteiger partial charge >= 0.3 is 0 Å². The van der Waals surface area contributed by atoms with Gasteiger partial charge in [-0.2, -0.15) is 0 Å². The summed E-state index contributed by atoms with van der Waals surface area (Å²) in [6.07, 6.45) is 0.217. The molecule has 1 aliphatic heterocycles. The van der Waals surface area contributed by atoms with Crippen LogP contribution in [0, 0.1) is 5.92 Å². The topological polar surface area (TPSA) is 59.1 Å². The maximum atomic E-state index is 12.9. The summed E-state index contributed by atoms with van der Waals surface area (Å²) in [6.45, 7) is 0.765. The van der Waals surface area contributed by atoms with E-state index in [9.17, 15) is 9.59 Å². The van der Waals surface area contributed by atoms with Crippen LogP contribution in [0.2, 0.25) is 0 Å². The highest BCUT2D eigenvalue weighted by molar-refractivity contribution is 9.10. The highest BCUT2D eigenvalue weighted by atomic mass is 79.9. The molecule has 1 heterocycles. The summed E-state index contributed by atoms with van der Waals surface area (Å²) in [6, 6.07) is 13.1. The monoisotopic (exact) mass is 446 g/mol. The van der Waals surface area contributed by atoms with Gasteiger partial charge in [-0.25, -0.2) is 0 Å². The van der Waals surface area contributed by atoms with Gasteiger partial charge in [-0.1, -0.05) is 28.1 Å². The maximum absolute atomic E-state index is 12.9. The Labute approximate surface area is 173 Å².